The molecular formula is C22H38IN5O. The first-order valence-corrected chi connectivity index (χ1v) is 10.7. The lowest BCUT2D eigenvalue weighted by Gasteiger charge is -2.29. The third kappa shape index (κ3) is 11.4. The van der Waals surface area contributed by atoms with Crippen LogP contribution >= 0.6 is 24.0 Å². The van der Waals surface area contributed by atoms with Crippen LogP contribution in [0.1, 0.15) is 45.1 Å². The molecule has 0 spiro atoms. The van der Waals surface area contributed by atoms with Gasteiger partial charge in [0.15, 0.2) is 5.96 Å². The molecule has 1 aliphatic rings. The molecule has 1 amide bonds. The molecule has 2 rings (SSSR count). The minimum atomic E-state index is 0. The topological polar surface area (TPSA) is 68.8 Å². The number of rotatable bonds is 10. The highest BCUT2D eigenvalue weighted by atomic mass is 127. The second-order valence-corrected chi connectivity index (χ2v) is 7.58. The maximum absolute atomic E-state index is 12.0. The molecule has 29 heavy (non-hydrogen) atoms. The summed E-state index contributed by atoms with van der Waals surface area (Å²) in [6.45, 7) is 10.7. The summed E-state index contributed by atoms with van der Waals surface area (Å²) in [5.74, 6) is 1.72. The summed E-state index contributed by atoms with van der Waals surface area (Å²) in [6.07, 6.45) is 4.14. The first kappa shape index (κ1) is 25.7. The van der Waals surface area contributed by atoms with E-state index in [0.29, 0.717) is 19.5 Å². The second-order valence-electron chi connectivity index (χ2n) is 7.58. The molecule has 0 aromatic heterocycles. The molecular weight excluding hydrogens is 477 g/mol. The predicted molar refractivity (Wildman–Crippen MR) is 132 cm³/mol. The van der Waals surface area contributed by atoms with Gasteiger partial charge in [0.25, 0.3) is 0 Å². The smallest absolute Gasteiger partial charge is 0.222 e. The number of aliphatic imine (C=N–C) groups is 1. The Morgan fingerprint density at radius 2 is 1.86 bits per heavy atom. The summed E-state index contributed by atoms with van der Waals surface area (Å²) < 4.78 is 0. The van der Waals surface area contributed by atoms with Gasteiger partial charge in [0, 0.05) is 32.6 Å². The lowest BCUT2D eigenvalue weighted by atomic mass is 9.99. The number of carbonyl (C=O) groups excluding carboxylic acids is 1. The quantitative estimate of drug-likeness (QED) is 0.194. The van der Waals surface area contributed by atoms with Gasteiger partial charge in [-0.25, -0.2) is 0 Å². The van der Waals surface area contributed by atoms with Crippen LogP contribution < -0.4 is 16.0 Å². The number of hydrogen-bond donors (Lipinski definition) is 3. The Bertz CT molecular complexity index is 588. The van der Waals surface area contributed by atoms with E-state index in [-0.39, 0.29) is 29.9 Å². The van der Waals surface area contributed by atoms with Crippen LogP contribution in [0.2, 0.25) is 0 Å². The van der Waals surface area contributed by atoms with E-state index in [2.05, 4.69) is 39.7 Å². The number of hydrogen-bond acceptors (Lipinski definition) is 3. The number of halogens is 1. The van der Waals surface area contributed by atoms with Crippen LogP contribution in [-0.4, -0.2) is 56.0 Å². The number of piperidine rings is 1. The molecule has 6 nitrogen and oxygen atoms in total. The molecule has 1 saturated heterocycles. The lowest BCUT2D eigenvalue weighted by Crippen LogP contribution is -2.39. The van der Waals surface area contributed by atoms with Gasteiger partial charge in [0.2, 0.25) is 5.91 Å². The van der Waals surface area contributed by atoms with Crippen molar-refractivity contribution in [3.63, 3.8) is 0 Å². The zero-order chi connectivity index (χ0) is 20.0. The van der Waals surface area contributed by atoms with Gasteiger partial charge < -0.3 is 20.9 Å². The molecule has 1 aliphatic heterocycles. The monoisotopic (exact) mass is 515 g/mol. The number of benzene rings is 1. The maximum atomic E-state index is 12.0. The van der Waals surface area contributed by atoms with Gasteiger partial charge in [-0.05, 0) is 57.3 Å². The minimum Gasteiger partial charge on any atom is -0.357 e. The lowest BCUT2D eigenvalue weighted by molar-refractivity contribution is -0.121. The number of carbonyl (C=O) groups is 1. The number of guanidine groups is 1. The van der Waals surface area contributed by atoms with E-state index in [1.54, 1.807) is 0 Å². The fraction of sp³-hybridized carbons (Fsp3) is 0.636. The fourth-order valence-electron chi connectivity index (χ4n) is 3.29. The van der Waals surface area contributed by atoms with E-state index in [0.717, 1.165) is 43.5 Å². The van der Waals surface area contributed by atoms with Crippen LogP contribution in [0.25, 0.3) is 0 Å². The zero-order valence-electron chi connectivity index (χ0n) is 18.0. The van der Waals surface area contributed by atoms with Crippen LogP contribution in [0.5, 0.6) is 0 Å². The van der Waals surface area contributed by atoms with Crippen molar-refractivity contribution in [2.45, 2.75) is 46.1 Å². The summed E-state index contributed by atoms with van der Waals surface area (Å²) in [6, 6.07) is 9.96. The Morgan fingerprint density at radius 3 is 2.55 bits per heavy atom. The summed E-state index contributed by atoms with van der Waals surface area (Å²) >= 11 is 0. The normalized spacial score (nSPS) is 15.4. The van der Waals surface area contributed by atoms with Crippen molar-refractivity contribution in [2.75, 3.05) is 39.3 Å². The van der Waals surface area contributed by atoms with E-state index in [9.17, 15) is 4.79 Å². The second kappa shape index (κ2) is 15.5. The summed E-state index contributed by atoms with van der Waals surface area (Å²) in [4.78, 5) is 19.2. The molecule has 1 aromatic rings. The number of likely N-dealkylation sites (tertiary alicyclic amines) is 1. The van der Waals surface area contributed by atoms with E-state index >= 15 is 0 Å². The van der Waals surface area contributed by atoms with Gasteiger partial charge in [-0.2, -0.15) is 0 Å². The third-order valence-corrected chi connectivity index (χ3v) is 5.10. The Kier molecular flexibility index (Phi) is 13.7. The average molecular weight is 515 g/mol. The standard InChI is InChI=1S/C22H37N5O.HI/c1-3-23-22(24-13-7-15-27-16-11-19(2)12-17-27)25-14-10-21(28)26-18-20-8-5-4-6-9-20;/h4-6,8-9,19H,3,7,10-18H2,1-2H3,(H,26,28)(H2,23,24,25);1H. The van der Waals surface area contributed by atoms with Gasteiger partial charge in [-0.3, -0.25) is 9.79 Å². The van der Waals surface area contributed by atoms with Crippen molar-refractivity contribution < 1.29 is 4.79 Å². The molecule has 1 aromatic carbocycles. The Labute approximate surface area is 193 Å². The minimum absolute atomic E-state index is 0. The highest BCUT2D eigenvalue weighted by Crippen LogP contribution is 2.15. The van der Waals surface area contributed by atoms with Crippen LogP contribution in [0.4, 0.5) is 0 Å². The van der Waals surface area contributed by atoms with Gasteiger partial charge in [-0.15, -0.1) is 24.0 Å². The SMILES string of the molecule is CCNC(=NCCCN1CCC(C)CC1)NCCC(=O)NCc1ccccc1.I. The van der Waals surface area contributed by atoms with Crippen molar-refractivity contribution in [1.82, 2.24) is 20.9 Å². The molecule has 0 atom stereocenters. The van der Waals surface area contributed by atoms with Crippen molar-refractivity contribution in [3.05, 3.63) is 35.9 Å². The van der Waals surface area contributed by atoms with Gasteiger partial charge >= 0.3 is 0 Å². The van der Waals surface area contributed by atoms with Crippen molar-refractivity contribution in [2.24, 2.45) is 10.9 Å². The summed E-state index contributed by atoms with van der Waals surface area (Å²) in [7, 11) is 0. The Morgan fingerprint density at radius 1 is 1.14 bits per heavy atom. The van der Waals surface area contributed by atoms with E-state index in [1.807, 2.05) is 30.3 Å². The molecule has 3 N–H and O–H groups in total. The van der Waals surface area contributed by atoms with Crippen LogP contribution in [0.3, 0.4) is 0 Å². The van der Waals surface area contributed by atoms with Crippen LogP contribution in [0.15, 0.2) is 35.3 Å². The highest BCUT2D eigenvalue weighted by molar-refractivity contribution is 14.0. The summed E-state index contributed by atoms with van der Waals surface area (Å²) in [5.41, 5.74) is 1.11. The molecule has 1 heterocycles. The van der Waals surface area contributed by atoms with E-state index in [1.165, 1.54) is 25.9 Å². The van der Waals surface area contributed by atoms with Crippen molar-refractivity contribution in [3.8, 4) is 0 Å². The fourth-order valence-corrected chi connectivity index (χ4v) is 3.29. The van der Waals surface area contributed by atoms with Crippen LogP contribution in [0, 0.1) is 5.92 Å². The first-order chi connectivity index (χ1) is 13.7. The third-order valence-electron chi connectivity index (χ3n) is 5.10. The average Bonchev–Trinajstić information content (AvgIpc) is 2.71. The molecule has 1 fully saturated rings. The van der Waals surface area contributed by atoms with E-state index in [4.69, 9.17) is 0 Å². The highest BCUT2D eigenvalue weighted by Gasteiger charge is 2.14. The number of amides is 1. The Balaban J connectivity index is 0.00000420. The molecule has 0 unspecified atom stereocenters. The van der Waals surface area contributed by atoms with Gasteiger partial charge in [-0.1, -0.05) is 37.3 Å². The van der Waals surface area contributed by atoms with Crippen molar-refractivity contribution >= 4 is 35.8 Å². The van der Waals surface area contributed by atoms with Gasteiger partial charge in [0.1, 0.15) is 0 Å². The molecule has 164 valence electrons. The number of nitrogens with zero attached hydrogens (tertiary/aromatic N) is 2. The zero-order valence-corrected chi connectivity index (χ0v) is 20.3. The van der Waals surface area contributed by atoms with Gasteiger partial charge in [0.05, 0.1) is 0 Å². The van der Waals surface area contributed by atoms with Crippen molar-refractivity contribution in [1.29, 1.82) is 0 Å². The summed E-state index contributed by atoms with van der Waals surface area (Å²) in [5, 5.41) is 9.46. The predicted octanol–water partition coefficient (Wildman–Crippen LogP) is 2.99. The molecule has 0 saturated carbocycles. The Hall–Kier alpha value is -1.35. The number of nitrogens with one attached hydrogen (secondary N) is 3. The molecule has 0 bridgehead atoms. The molecule has 7 heteroatoms. The van der Waals surface area contributed by atoms with Crippen LogP contribution in [-0.2, 0) is 11.3 Å². The molecule has 0 aliphatic carbocycles. The largest absolute Gasteiger partial charge is 0.357 e. The van der Waals surface area contributed by atoms with E-state index < -0.39 is 0 Å². The molecule has 0 radical (unpaired) electrons. The maximum Gasteiger partial charge on any atom is 0.222 e. The first-order valence-electron chi connectivity index (χ1n) is 10.7.